The van der Waals surface area contributed by atoms with Crippen LogP contribution in [-0.2, 0) is 6.54 Å². The molecule has 0 N–H and O–H groups in total. The SMILES string of the molecule is Cc1noc(C)c1CN1CCN(C(=O)c2ccc(Cl)c(Cl)c2)CC1. The molecule has 0 aliphatic carbocycles. The Kier molecular flexibility index (Phi) is 5.13. The molecule has 2 heterocycles. The normalized spacial score (nSPS) is 15.8. The van der Waals surface area contributed by atoms with Gasteiger partial charge < -0.3 is 9.42 Å². The van der Waals surface area contributed by atoms with Crippen molar-refractivity contribution in [1.29, 1.82) is 0 Å². The Bertz CT molecular complexity index is 733. The molecule has 0 bridgehead atoms. The summed E-state index contributed by atoms with van der Waals surface area (Å²) in [6.45, 7) is 7.68. The Labute approximate surface area is 151 Å². The largest absolute Gasteiger partial charge is 0.361 e. The van der Waals surface area contributed by atoms with Crippen molar-refractivity contribution in [3.05, 3.63) is 50.8 Å². The summed E-state index contributed by atoms with van der Waals surface area (Å²) in [5, 5.41) is 4.85. The van der Waals surface area contributed by atoms with Crippen LogP contribution in [-0.4, -0.2) is 47.0 Å². The Hall–Kier alpha value is -1.56. The molecule has 24 heavy (non-hydrogen) atoms. The van der Waals surface area contributed by atoms with Crippen LogP contribution in [0.15, 0.2) is 22.7 Å². The molecular formula is C17H19Cl2N3O2. The van der Waals surface area contributed by atoms with E-state index < -0.39 is 0 Å². The van der Waals surface area contributed by atoms with Gasteiger partial charge in [0.25, 0.3) is 5.91 Å². The quantitative estimate of drug-likeness (QED) is 0.831. The number of rotatable bonds is 3. The fourth-order valence-corrected chi connectivity index (χ4v) is 3.17. The number of carbonyl (C=O) groups excluding carboxylic acids is 1. The van der Waals surface area contributed by atoms with Gasteiger partial charge in [-0.05, 0) is 32.0 Å². The highest BCUT2D eigenvalue weighted by atomic mass is 35.5. The summed E-state index contributed by atoms with van der Waals surface area (Å²) in [7, 11) is 0. The lowest BCUT2D eigenvalue weighted by molar-refractivity contribution is 0.0627. The van der Waals surface area contributed by atoms with Crippen LogP contribution in [0, 0.1) is 13.8 Å². The maximum absolute atomic E-state index is 12.6. The van der Waals surface area contributed by atoms with Crippen LogP contribution >= 0.6 is 23.2 Å². The second-order valence-corrected chi connectivity index (χ2v) is 6.81. The maximum atomic E-state index is 12.6. The van der Waals surface area contributed by atoms with Crippen molar-refractivity contribution in [2.24, 2.45) is 0 Å². The van der Waals surface area contributed by atoms with Crippen molar-refractivity contribution in [2.75, 3.05) is 26.2 Å². The third-order valence-electron chi connectivity index (χ3n) is 4.39. The number of hydrogen-bond donors (Lipinski definition) is 0. The fraction of sp³-hybridized carbons (Fsp3) is 0.412. The molecule has 128 valence electrons. The van der Waals surface area contributed by atoms with Crippen molar-refractivity contribution in [3.8, 4) is 0 Å². The molecule has 7 heteroatoms. The van der Waals surface area contributed by atoms with Gasteiger partial charge in [-0.3, -0.25) is 9.69 Å². The van der Waals surface area contributed by atoms with Crippen molar-refractivity contribution < 1.29 is 9.32 Å². The van der Waals surface area contributed by atoms with E-state index in [0.717, 1.165) is 36.7 Å². The summed E-state index contributed by atoms with van der Waals surface area (Å²) in [5.74, 6) is 0.854. The lowest BCUT2D eigenvalue weighted by atomic mass is 10.1. The van der Waals surface area contributed by atoms with Gasteiger partial charge in [-0.2, -0.15) is 0 Å². The number of aromatic nitrogens is 1. The van der Waals surface area contributed by atoms with Crippen molar-refractivity contribution in [2.45, 2.75) is 20.4 Å². The number of piperazine rings is 1. The zero-order valence-electron chi connectivity index (χ0n) is 13.7. The fourth-order valence-electron chi connectivity index (χ4n) is 2.87. The highest BCUT2D eigenvalue weighted by Crippen LogP contribution is 2.24. The second kappa shape index (κ2) is 7.13. The van der Waals surface area contributed by atoms with E-state index in [1.54, 1.807) is 18.2 Å². The van der Waals surface area contributed by atoms with Crippen LogP contribution in [0.25, 0.3) is 0 Å². The lowest BCUT2D eigenvalue weighted by Gasteiger charge is -2.34. The number of benzene rings is 1. The average Bonchev–Trinajstić information content (AvgIpc) is 2.89. The van der Waals surface area contributed by atoms with E-state index in [0.29, 0.717) is 28.7 Å². The monoisotopic (exact) mass is 367 g/mol. The summed E-state index contributed by atoms with van der Waals surface area (Å²) in [5.41, 5.74) is 2.64. The first-order chi connectivity index (χ1) is 11.5. The smallest absolute Gasteiger partial charge is 0.253 e. The van der Waals surface area contributed by atoms with Crippen LogP contribution in [0.4, 0.5) is 0 Å². The van der Waals surface area contributed by atoms with Gasteiger partial charge in [-0.25, -0.2) is 0 Å². The van der Waals surface area contributed by atoms with Crippen LogP contribution in [0.2, 0.25) is 10.0 Å². The van der Waals surface area contributed by atoms with Gasteiger partial charge in [0.15, 0.2) is 0 Å². The summed E-state index contributed by atoms with van der Waals surface area (Å²) < 4.78 is 5.21. The van der Waals surface area contributed by atoms with E-state index in [1.165, 1.54) is 0 Å². The minimum Gasteiger partial charge on any atom is -0.361 e. The minimum absolute atomic E-state index is 0.00874. The van der Waals surface area contributed by atoms with E-state index in [9.17, 15) is 4.79 Å². The van der Waals surface area contributed by atoms with E-state index >= 15 is 0 Å². The van der Waals surface area contributed by atoms with Gasteiger partial charge in [0, 0.05) is 43.9 Å². The second-order valence-electron chi connectivity index (χ2n) is 6.00. The van der Waals surface area contributed by atoms with Crippen LogP contribution in [0.3, 0.4) is 0 Å². The first kappa shape index (κ1) is 17.3. The molecule has 1 aromatic carbocycles. The first-order valence-corrected chi connectivity index (χ1v) is 8.59. The Balaban J connectivity index is 1.60. The average molecular weight is 368 g/mol. The number of nitrogens with zero attached hydrogens (tertiary/aromatic N) is 3. The summed E-state index contributed by atoms with van der Waals surface area (Å²) in [4.78, 5) is 16.7. The molecule has 0 spiro atoms. The van der Waals surface area contributed by atoms with Gasteiger partial charge in [0.2, 0.25) is 0 Å². The van der Waals surface area contributed by atoms with E-state index in [1.807, 2.05) is 18.7 Å². The number of carbonyl (C=O) groups is 1. The molecule has 1 fully saturated rings. The van der Waals surface area contributed by atoms with Gasteiger partial charge in [0.05, 0.1) is 15.7 Å². The number of halogens is 2. The number of hydrogen-bond acceptors (Lipinski definition) is 4. The summed E-state index contributed by atoms with van der Waals surface area (Å²) >= 11 is 11.9. The lowest BCUT2D eigenvalue weighted by Crippen LogP contribution is -2.48. The Morgan fingerprint density at radius 2 is 1.88 bits per heavy atom. The van der Waals surface area contributed by atoms with Gasteiger partial charge >= 0.3 is 0 Å². The van der Waals surface area contributed by atoms with Crippen molar-refractivity contribution in [1.82, 2.24) is 15.0 Å². The molecule has 0 saturated carbocycles. The Morgan fingerprint density at radius 3 is 2.46 bits per heavy atom. The third-order valence-corrected chi connectivity index (χ3v) is 5.13. The molecule has 1 aliphatic rings. The predicted octanol–water partition coefficient (Wildman–Crippen LogP) is 3.56. The van der Waals surface area contributed by atoms with E-state index in [2.05, 4.69) is 10.1 Å². The Morgan fingerprint density at radius 1 is 1.17 bits per heavy atom. The van der Waals surface area contributed by atoms with Crippen LogP contribution in [0.1, 0.15) is 27.4 Å². The molecule has 1 amide bonds. The van der Waals surface area contributed by atoms with Crippen LogP contribution < -0.4 is 0 Å². The van der Waals surface area contributed by atoms with E-state index in [-0.39, 0.29) is 5.91 Å². The number of aryl methyl sites for hydroxylation is 2. The zero-order valence-corrected chi connectivity index (χ0v) is 15.2. The first-order valence-electron chi connectivity index (χ1n) is 7.84. The molecule has 1 aromatic heterocycles. The van der Waals surface area contributed by atoms with Crippen LogP contribution in [0.5, 0.6) is 0 Å². The maximum Gasteiger partial charge on any atom is 0.253 e. The standard InChI is InChI=1S/C17H19Cl2N3O2/c1-11-14(12(2)24-20-11)10-21-5-7-22(8-6-21)17(23)13-3-4-15(18)16(19)9-13/h3-4,9H,5-8,10H2,1-2H3. The molecule has 2 aromatic rings. The summed E-state index contributed by atoms with van der Waals surface area (Å²) in [6, 6.07) is 5.00. The third kappa shape index (κ3) is 3.58. The highest BCUT2D eigenvalue weighted by molar-refractivity contribution is 6.42. The zero-order chi connectivity index (χ0) is 17.3. The summed E-state index contributed by atoms with van der Waals surface area (Å²) in [6.07, 6.45) is 0. The molecule has 1 saturated heterocycles. The van der Waals surface area contributed by atoms with Gasteiger partial charge in [-0.15, -0.1) is 0 Å². The van der Waals surface area contributed by atoms with Crippen molar-refractivity contribution in [3.63, 3.8) is 0 Å². The molecule has 0 atom stereocenters. The molecule has 3 rings (SSSR count). The predicted molar refractivity (Wildman–Crippen MR) is 93.6 cm³/mol. The molecular weight excluding hydrogens is 349 g/mol. The van der Waals surface area contributed by atoms with Crippen molar-refractivity contribution >= 4 is 29.1 Å². The minimum atomic E-state index is -0.00874. The van der Waals surface area contributed by atoms with E-state index in [4.69, 9.17) is 27.7 Å². The molecule has 0 radical (unpaired) electrons. The van der Waals surface area contributed by atoms with Gasteiger partial charge in [0.1, 0.15) is 5.76 Å². The molecule has 1 aliphatic heterocycles. The molecule has 5 nitrogen and oxygen atoms in total. The van der Waals surface area contributed by atoms with Gasteiger partial charge in [-0.1, -0.05) is 28.4 Å². The topological polar surface area (TPSA) is 49.6 Å². The highest BCUT2D eigenvalue weighted by Gasteiger charge is 2.24. The molecule has 0 unspecified atom stereocenters. The number of amides is 1.